The van der Waals surface area contributed by atoms with Crippen molar-refractivity contribution in [1.82, 2.24) is 0 Å². The van der Waals surface area contributed by atoms with Crippen molar-refractivity contribution >= 4 is 19.8 Å². The fraction of sp³-hybridized carbons (Fsp3) is 1.00. The molecule has 0 saturated heterocycles. The molecule has 0 spiro atoms. The molecule has 0 aliphatic heterocycles. The molecule has 0 radical (unpaired) electrons. The predicted octanol–water partition coefficient (Wildman–Crippen LogP) is 1.86. The van der Waals surface area contributed by atoms with Gasteiger partial charge in [-0.1, -0.05) is 0 Å². The zero-order valence-corrected chi connectivity index (χ0v) is 6.97. The maximum absolute atomic E-state index is 9.74. The molecule has 0 aliphatic rings. The van der Waals surface area contributed by atoms with E-state index in [0.717, 1.165) is 0 Å². The zero-order valence-electron chi connectivity index (χ0n) is 4.81. The molecule has 1 atom stereocenters. The van der Waals surface area contributed by atoms with Crippen LogP contribution in [0.2, 0.25) is 0 Å². The number of alkyl halides is 3. The van der Waals surface area contributed by atoms with Crippen LogP contribution >= 0.6 is 19.8 Å². The van der Waals surface area contributed by atoms with Gasteiger partial charge in [-0.05, 0) is 0 Å². The second kappa shape index (κ2) is 3.35. The van der Waals surface area contributed by atoms with Crippen LogP contribution in [0.25, 0.3) is 0 Å². The van der Waals surface area contributed by atoms with Crippen LogP contribution < -0.4 is 0 Å². The van der Waals surface area contributed by atoms with E-state index in [1.807, 2.05) is 6.92 Å². The molecule has 0 aromatic carbocycles. The molecule has 2 nitrogen and oxygen atoms in total. The Kier molecular flexibility index (Phi) is 3.50. The van der Waals surface area contributed by atoms with Crippen LogP contribution in [-0.4, -0.2) is 13.9 Å². The Morgan fingerprint density at radius 1 is 1.57 bits per heavy atom. The Bertz CT molecular complexity index is 64.7. The molecular weight excluding hydrogens is 205 g/mol. The molecule has 0 aromatic rings. The molecule has 0 saturated carbocycles. The molecule has 0 amide bonds. The molecule has 1 unspecified atom stereocenters. The Labute approximate surface area is 51.0 Å². The first kappa shape index (κ1) is 7.33. The summed E-state index contributed by atoms with van der Waals surface area (Å²) in [6.45, 7) is 1.89. The van der Waals surface area contributed by atoms with Crippen molar-refractivity contribution in [2.75, 3.05) is 9.86 Å². The first-order valence-corrected chi connectivity index (χ1v) is 7.55. The molecule has 44 valence electrons. The zero-order chi connectivity index (χ0) is 5.86. The van der Waals surface area contributed by atoms with Gasteiger partial charge >= 0.3 is 50.7 Å². The van der Waals surface area contributed by atoms with Gasteiger partial charge in [-0.25, -0.2) is 0 Å². The van der Waals surface area contributed by atoms with Crippen LogP contribution in [0.4, 0.5) is 0 Å². The summed E-state index contributed by atoms with van der Waals surface area (Å²) in [5, 5.41) is 2.91. The summed E-state index contributed by atoms with van der Waals surface area (Å²) in [6.07, 6.45) is 0. The molecule has 0 heterocycles. The van der Waals surface area contributed by atoms with Gasteiger partial charge in [0.25, 0.3) is 0 Å². The maximum atomic E-state index is 9.74. The first-order valence-electron chi connectivity index (χ1n) is 1.99. The standard InChI is InChI=1S/C4H10INO/c1-4(6-7)5(2)3/h4H,1-3H3. The van der Waals surface area contributed by atoms with Crippen molar-refractivity contribution in [2.24, 2.45) is 5.18 Å². The van der Waals surface area contributed by atoms with Crippen molar-refractivity contribution in [3.63, 3.8) is 0 Å². The van der Waals surface area contributed by atoms with E-state index in [-0.39, 0.29) is 4.05 Å². The minimum absolute atomic E-state index is 0.129. The topological polar surface area (TPSA) is 29.4 Å². The van der Waals surface area contributed by atoms with E-state index in [2.05, 4.69) is 15.0 Å². The fourth-order valence-electron chi connectivity index (χ4n) is 0.0797. The van der Waals surface area contributed by atoms with Gasteiger partial charge in [0.1, 0.15) is 0 Å². The number of rotatable bonds is 2. The molecular formula is C4H10INO. The van der Waals surface area contributed by atoms with Crippen molar-refractivity contribution in [2.45, 2.75) is 11.0 Å². The van der Waals surface area contributed by atoms with Crippen LogP contribution in [0.1, 0.15) is 6.92 Å². The van der Waals surface area contributed by atoms with Gasteiger partial charge in [0.15, 0.2) is 0 Å². The number of nitrogens with zero attached hydrogens (tertiary/aromatic N) is 1. The quantitative estimate of drug-likeness (QED) is 0.299. The van der Waals surface area contributed by atoms with Gasteiger partial charge in [-0.2, -0.15) is 0 Å². The van der Waals surface area contributed by atoms with Crippen LogP contribution in [0, 0.1) is 4.91 Å². The Balaban J connectivity index is 3.33. The van der Waals surface area contributed by atoms with Gasteiger partial charge in [0, 0.05) is 0 Å². The molecule has 0 rings (SSSR count). The number of hydrogen-bond acceptors (Lipinski definition) is 2. The van der Waals surface area contributed by atoms with Crippen LogP contribution in [0.15, 0.2) is 5.18 Å². The normalized spacial score (nSPS) is 15.6. The first-order chi connectivity index (χ1) is 3.18. The molecule has 0 fully saturated rings. The van der Waals surface area contributed by atoms with Gasteiger partial charge in [0.2, 0.25) is 0 Å². The fourth-order valence-corrected chi connectivity index (χ4v) is 0.535. The Morgan fingerprint density at radius 3 is 2.00 bits per heavy atom. The van der Waals surface area contributed by atoms with Crippen LogP contribution in [0.3, 0.4) is 0 Å². The molecule has 7 heavy (non-hydrogen) atoms. The van der Waals surface area contributed by atoms with Gasteiger partial charge in [0.05, 0.1) is 0 Å². The van der Waals surface area contributed by atoms with Crippen molar-refractivity contribution in [3.05, 3.63) is 4.91 Å². The third-order valence-corrected chi connectivity index (χ3v) is 4.61. The summed E-state index contributed by atoms with van der Waals surface area (Å²) in [7, 11) is 0. The number of hydrogen-bond donors (Lipinski definition) is 0. The van der Waals surface area contributed by atoms with Gasteiger partial charge in [-0.3, -0.25) is 0 Å². The van der Waals surface area contributed by atoms with Crippen LogP contribution in [-0.2, 0) is 0 Å². The third-order valence-electron chi connectivity index (χ3n) is 0.777. The number of halogens is 1. The van der Waals surface area contributed by atoms with E-state index in [0.29, 0.717) is 0 Å². The van der Waals surface area contributed by atoms with Gasteiger partial charge < -0.3 is 0 Å². The van der Waals surface area contributed by atoms with Crippen molar-refractivity contribution in [1.29, 1.82) is 0 Å². The average Bonchev–Trinajstić information content (AvgIpc) is 1.65. The third kappa shape index (κ3) is 2.96. The summed E-state index contributed by atoms with van der Waals surface area (Å²) in [6, 6.07) is 0. The van der Waals surface area contributed by atoms with Crippen molar-refractivity contribution in [3.8, 4) is 0 Å². The monoisotopic (exact) mass is 215 g/mol. The Morgan fingerprint density at radius 2 is 2.00 bits per heavy atom. The summed E-state index contributed by atoms with van der Waals surface area (Å²) >= 11 is -0.889. The van der Waals surface area contributed by atoms with E-state index >= 15 is 0 Å². The summed E-state index contributed by atoms with van der Waals surface area (Å²) in [5.41, 5.74) is 0. The van der Waals surface area contributed by atoms with Gasteiger partial charge in [-0.15, -0.1) is 0 Å². The molecule has 3 heteroatoms. The predicted molar refractivity (Wildman–Crippen MR) is 41.1 cm³/mol. The summed E-state index contributed by atoms with van der Waals surface area (Å²) in [5.74, 6) is 0. The van der Waals surface area contributed by atoms with E-state index in [1.165, 1.54) is 0 Å². The van der Waals surface area contributed by atoms with Crippen LogP contribution in [0.5, 0.6) is 0 Å². The minimum atomic E-state index is -0.889. The summed E-state index contributed by atoms with van der Waals surface area (Å²) in [4.78, 5) is 14.0. The SMILES string of the molecule is CC(N=O)I(C)C. The Hall–Kier alpha value is 0.330. The molecule has 0 aliphatic carbocycles. The second-order valence-corrected chi connectivity index (χ2v) is 7.95. The van der Waals surface area contributed by atoms with E-state index in [1.54, 1.807) is 0 Å². The van der Waals surface area contributed by atoms with E-state index in [9.17, 15) is 4.91 Å². The van der Waals surface area contributed by atoms with E-state index in [4.69, 9.17) is 0 Å². The summed E-state index contributed by atoms with van der Waals surface area (Å²) < 4.78 is 0.129. The number of nitroso groups, excluding NO2 is 1. The molecule has 0 N–H and O–H groups in total. The average molecular weight is 215 g/mol. The second-order valence-electron chi connectivity index (χ2n) is 1.49. The molecule has 0 aromatic heterocycles. The van der Waals surface area contributed by atoms with E-state index < -0.39 is 19.8 Å². The van der Waals surface area contributed by atoms with Crippen molar-refractivity contribution < 1.29 is 0 Å². The molecule has 0 bridgehead atoms.